The van der Waals surface area contributed by atoms with Crippen molar-refractivity contribution in [1.82, 2.24) is 0 Å². The Kier molecular flexibility index (Phi) is 2.21. The first-order valence-corrected chi connectivity index (χ1v) is 5.91. The maximum Gasteiger partial charge on any atom is 0.314 e. The number of hydrogen-bond donors (Lipinski definition) is 1. The number of carbonyl (C=O) groups is 1. The number of fused-ring (bicyclic) bond motifs is 1. The van der Waals surface area contributed by atoms with Crippen LogP contribution in [0.3, 0.4) is 0 Å². The van der Waals surface area contributed by atoms with Crippen molar-refractivity contribution in [1.29, 1.82) is 0 Å². The van der Waals surface area contributed by atoms with Crippen LogP contribution in [0.15, 0.2) is 47.5 Å². The summed E-state index contributed by atoms with van der Waals surface area (Å²) in [5.74, 6) is 0.101. The van der Waals surface area contributed by atoms with Crippen molar-refractivity contribution < 1.29 is 14.6 Å². The van der Waals surface area contributed by atoms with Crippen LogP contribution in [0.4, 0.5) is 0 Å². The van der Waals surface area contributed by atoms with Crippen LogP contribution < -0.4 is 0 Å². The van der Waals surface area contributed by atoms with Gasteiger partial charge in [-0.2, -0.15) is 0 Å². The lowest BCUT2D eigenvalue weighted by molar-refractivity contribution is -0.150. The molecule has 0 aromatic carbocycles. The van der Waals surface area contributed by atoms with Gasteiger partial charge in [0.25, 0.3) is 0 Å². The summed E-state index contributed by atoms with van der Waals surface area (Å²) in [6, 6.07) is 0. The van der Waals surface area contributed by atoms with Crippen molar-refractivity contribution in [2.75, 3.05) is 0 Å². The lowest BCUT2D eigenvalue weighted by Crippen LogP contribution is -2.40. The van der Waals surface area contributed by atoms with Gasteiger partial charge < -0.3 is 9.84 Å². The first-order chi connectivity index (χ1) is 8.24. The van der Waals surface area contributed by atoms with Gasteiger partial charge in [-0.3, -0.25) is 4.79 Å². The highest BCUT2D eigenvalue weighted by molar-refractivity contribution is 5.82. The molecule has 0 unspecified atom stereocenters. The highest BCUT2D eigenvalue weighted by Gasteiger charge is 2.48. The molecule has 1 aliphatic heterocycles. The Morgan fingerprint density at radius 2 is 2.24 bits per heavy atom. The summed E-state index contributed by atoms with van der Waals surface area (Å²) in [6.45, 7) is 0. The Morgan fingerprint density at radius 3 is 2.88 bits per heavy atom. The standard InChI is InChI=1S/C14H14O3/c15-13(16)14(7-3-8-14)11-6-9-17-12-5-2-1-4-10(11)12/h1-2,5-6,9H,3-4,7-8H2,(H,15,16). The van der Waals surface area contributed by atoms with Crippen LogP contribution in [-0.2, 0) is 9.53 Å². The van der Waals surface area contributed by atoms with Gasteiger partial charge in [-0.1, -0.05) is 18.6 Å². The van der Waals surface area contributed by atoms with Crippen LogP contribution in [0.1, 0.15) is 25.7 Å². The fraction of sp³-hybridized carbons (Fsp3) is 0.357. The molecule has 1 heterocycles. The molecular weight excluding hydrogens is 216 g/mol. The largest absolute Gasteiger partial charge is 0.481 e. The molecule has 1 N–H and O–H groups in total. The molecule has 17 heavy (non-hydrogen) atoms. The topological polar surface area (TPSA) is 46.5 Å². The zero-order valence-electron chi connectivity index (χ0n) is 9.48. The third kappa shape index (κ3) is 1.38. The molecule has 0 amide bonds. The molecule has 0 radical (unpaired) electrons. The summed E-state index contributed by atoms with van der Waals surface area (Å²) in [5.41, 5.74) is 1.31. The maximum absolute atomic E-state index is 11.5. The number of ether oxygens (including phenoxy) is 1. The molecule has 0 spiro atoms. The first kappa shape index (κ1) is 10.4. The predicted octanol–water partition coefficient (Wildman–Crippen LogP) is 2.93. The van der Waals surface area contributed by atoms with Gasteiger partial charge in [-0.25, -0.2) is 0 Å². The van der Waals surface area contributed by atoms with Crippen molar-refractivity contribution in [3.63, 3.8) is 0 Å². The Hall–Kier alpha value is -1.77. The molecule has 3 rings (SSSR count). The Balaban J connectivity index is 2.10. The molecule has 3 heteroatoms. The highest BCUT2D eigenvalue weighted by atomic mass is 16.5. The third-order valence-electron chi connectivity index (χ3n) is 3.89. The second kappa shape index (κ2) is 3.62. The Morgan fingerprint density at radius 1 is 1.41 bits per heavy atom. The summed E-state index contributed by atoms with van der Waals surface area (Å²) in [7, 11) is 0. The summed E-state index contributed by atoms with van der Waals surface area (Å²) in [4.78, 5) is 11.5. The van der Waals surface area contributed by atoms with Gasteiger partial charge in [0.2, 0.25) is 0 Å². The van der Waals surface area contributed by atoms with Crippen molar-refractivity contribution in [2.24, 2.45) is 5.41 Å². The quantitative estimate of drug-likeness (QED) is 0.793. The van der Waals surface area contributed by atoms with E-state index in [1.165, 1.54) is 0 Å². The second-order valence-corrected chi connectivity index (χ2v) is 4.72. The molecule has 88 valence electrons. The third-order valence-corrected chi connectivity index (χ3v) is 3.89. The number of carboxylic acid groups (broad SMARTS) is 1. The van der Waals surface area contributed by atoms with Crippen LogP contribution in [0.2, 0.25) is 0 Å². The van der Waals surface area contributed by atoms with E-state index in [0.29, 0.717) is 0 Å². The average Bonchev–Trinajstić information content (AvgIpc) is 2.27. The molecule has 0 bridgehead atoms. The van der Waals surface area contributed by atoms with Crippen molar-refractivity contribution >= 4 is 5.97 Å². The Bertz CT molecular complexity index is 488. The van der Waals surface area contributed by atoms with Crippen LogP contribution in [0.25, 0.3) is 0 Å². The zero-order valence-corrected chi connectivity index (χ0v) is 9.48. The molecule has 0 saturated heterocycles. The van der Waals surface area contributed by atoms with E-state index in [-0.39, 0.29) is 0 Å². The summed E-state index contributed by atoms with van der Waals surface area (Å²) in [5, 5.41) is 9.48. The summed E-state index contributed by atoms with van der Waals surface area (Å²) >= 11 is 0. The van der Waals surface area contributed by atoms with Crippen LogP contribution in [0.5, 0.6) is 0 Å². The molecule has 0 atom stereocenters. The predicted molar refractivity (Wildman–Crippen MR) is 63.0 cm³/mol. The molecule has 2 aliphatic carbocycles. The van der Waals surface area contributed by atoms with Crippen molar-refractivity contribution in [2.45, 2.75) is 25.7 Å². The van der Waals surface area contributed by atoms with Crippen LogP contribution >= 0.6 is 0 Å². The minimum atomic E-state index is -0.702. The molecular formula is C14H14O3. The SMILES string of the molecule is O=C(O)C1(C2=C3CC=CC=C3OC=C2)CCC1. The lowest BCUT2D eigenvalue weighted by atomic mass is 9.62. The molecule has 0 aromatic rings. The van der Waals surface area contributed by atoms with E-state index in [0.717, 1.165) is 42.6 Å². The van der Waals surface area contributed by atoms with Gasteiger partial charge in [0.05, 0.1) is 11.7 Å². The zero-order chi connectivity index (χ0) is 11.9. The van der Waals surface area contributed by atoms with Gasteiger partial charge in [0.1, 0.15) is 5.76 Å². The van der Waals surface area contributed by atoms with E-state index < -0.39 is 11.4 Å². The highest BCUT2D eigenvalue weighted by Crippen LogP contribution is 2.51. The smallest absolute Gasteiger partial charge is 0.314 e. The second-order valence-electron chi connectivity index (χ2n) is 4.72. The van der Waals surface area contributed by atoms with Crippen LogP contribution in [0, 0.1) is 5.41 Å². The average molecular weight is 230 g/mol. The minimum Gasteiger partial charge on any atom is -0.481 e. The van der Waals surface area contributed by atoms with Gasteiger partial charge in [0.15, 0.2) is 0 Å². The van der Waals surface area contributed by atoms with E-state index in [1.807, 2.05) is 24.3 Å². The normalized spacial score (nSPS) is 24.6. The van der Waals surface area contributed by atoms with E-state index in [1.54, 1.807) is 6.26 Å². The molecule has 1 fully saturated rings. The first-order valence-electron chi connectivity index (χ1n) is 5.91. The maximum atomic E-state index is 11.5. The van der Waals surface area contributed by atoms with E-state index in [2.05, 4.69) is 0 Å². The lowest BCUT2D eigenvalue weighted by Gasteiger charge is -2.41. The fourth-order valence-electron chi connectivity index (χ4n) is 2.75. The number of allylic oxidation sites excluding steroid dienone is 5. The molecule has 1 saturated carbocycles. The van der Waals surface area contributed by atoms with Crippen molar-refractivity contribution in [3.05, 3.63) is 47.5 Å². The minimum absolute atomic E-state index is 0.667. The van der Waals surface area contributed by atoms with Gasteiger partial charge >= 0.3 is 5.97 Å². The van der Waals surface area contributed by atoms with Gasteiger partial charge in [-0.05, 0) is 37.0 Å². The summed E-state index contributed by atoms with van der Waals surface area (Å²) in [6.07, 6.45) is 12.6. The van der Waals surface area contributed by atoms with E-state index in [9.17, 15) is 9.90 Å². The number of carboxylic acids is 1. The summed E-state index contributed by atoms with van der Waals surface area (Å²) < 4.78 is 5.43. The van der Waals surface area contributed by atoms with E-state index in [4.69, 9.17) is 4.74 Å². The fourth-order valence-corrected chi connectivity index (χ4v) is 2.75. The Labute approximate surface area is 99.8 Å². The van der Waals surface area contributed by atoms with Gasteiger partial charge in [-0.15, -0.1) is 0 Å². The number of hydrogen-bond acceptors (Lipinski definition) is 2. The number of rotatable bonds is 2. The molecule has 3 aliphatic rings. The van der Waals surface area contributed by atoms with Gasteiger partial charge in [0, 0.05) is 5.57 Å². The van der Waals surface area contributed by atoms with Crippen LogP contribution in [-0.4, -0.2) is 11.1 Å². The van der Waals surface area contributed by atoms with Crippen molar-refractivity contribution in [3.8, 4) is 0 Å². The monoisotopic (exact) mass is 230 g/mol. The molecule has 0 aromatic heterocycles. The molecule has 3 nitrogen and oxygen atoms in total. The van der Waals surface area contributed by atoms with E-state index >= 15 is 0 Å². The number of aliphatic carboxylic acids is 1.